The van der Waals surface area contributed by atoms with E-state index in [9.17, 15) is 4.79 Å². The third-order valence-electron chi connectivity index (χ3n) is 1.61. The Morgan fingerprint density at radius 3 is 2.50 bits per heavy atom. The minimum absolute atomic E-state index is 0.0643. The zero-order valence-corrected chi connectivity index (χ0v) is 7.83. The molecule has 0 saturated carbocycles. The lowest BCUT2D eigenvalue weighted by Gasteiger charge is -2.16. The average Bonchev–Trinajstić information content (AvgIpc) is 2.00. The van der Waals surface area contributed by atoms with E-state index >= 15 is 0 Å². The SMILES string of the molecule is CC(C)C(C)OC(=O)NCCO. The van der Waals surface area contributed by atoms with Crippen LogP contribution in [0.3, 0.4) is 0 Å². The molecule has 0 aromatic rings. The predicted octanol–water partition coefficient (Wildman–Crippen LogP) is 0.749. The van der Waals surface area contributed by atoms with Crippen molar-refractivity contribution in [3.05, 3.63) is 0 Å². The Hall–Kier alpha value is -0.770. The molecule has 0 aliphatic rings. The summed E-state index contributed by atoms with van der Waals surface area (Å²) in [6.07, 6.45) is -0.561. The second-order valence-corrected chi connectivity index (χ2v) is 3.00. The zero-order valence-electron chi connectivity index (χ0n) is 7.83. The molecule has 0 saturated heterocycles. The maximum atomic E-state index is 10.9. The first-order chi connectivity index (χ1) is 5.57. The van der Waals surface area contributed by atoms with E-state index in [1.165, 1.54) is 0 Å². The van der Waals surface area contributed by atoms with Gasteiger partial charge in [-0.2, -0.15) is 0 Å². The first kappa shape index (κ1) is 11.2. The van der Waals surface area contributed by atoms with Crippen LogP contribution in [0.5, 0.6) is 0 Å². The highest BCUT2D eigenvalue weighted by molar-refractivity contribution is 5.67. The van der Waals surface area contributed by atoms with Gasteiger partial charge >= 0.3 is 6.09 Å². The van der Waals surface area contributed by atoms with Gasteiger partial charge in [0.15, 0.2) is 0 Å². The van der Waals surface area contributed by atoms with Crippen molar-refractivity contribution in [1.29, 1.82) is 0 Å². The van der Waals surface area contributed by atoms with Crippen LogP contribution in [0.25, 0.3) is 0 Å². The molecule has 72 valence electrons. The van der Waals surface area contributed by atoms with Crippen LogP contribution in [0.1, 0.15) is 20.8 Å². The molecule has 2 N–H and O–H groups in total. The number of aliphatic hydroxyl groups excluding tert-OH is 1. The lowest BCUT2D eigenvalue weighted by molar-refractivity contribution is 0.0809. The van der Waals surface area contributed by atoms with Gasteiger partial charge in [0.05, 0.1) is 6.61 Å². The molecule has 1 unspecified atom stereocenters. The summed E-state index contributed by atoms with van der Waals surface area (Å²) in [4.78, 5) is 10.9. The number of carbonyl (C=O) groups excluding carboxylic acids is 1. The van der Waals surface area contributed by atoms with Gasteiger partial charge in [-0.15, -0.1) is 0 Å². The van der Waals surface area contributed by atoms with Crippen molar-refractivity contribution in [2.45, 2.75) is 26.9 Å². The van der Waals surface area contributed by atoms with E-state index in [0.717, 1.165) is 0 Å². The topological polar surface area (TPSA) is 58.6 Å². The normalized spacial score (nSPS) is 12.8. The number of hydrogen-bond acceptors (Lipinski definition) is 3. The molecule has 0 rings (SSSR count). The van der Waals surface area contributed by atoms with Crippen LogP contribution >= 0.6 is 0 Å². The maximum Gasteiger partial charge on any atom is 0.407 e. The standard InChI is InChI=1S/C8H17NO3/c1-6(2)7(3)12-8(11)9-4-5-10/h6-7,10H,4-5H2,1-3H3,(H,9,11). The molecule has 0 bridgehead atoms. The van der Waals surface area contributed by atoms with Gasteiger partial charge in [-0.1, -0.05) is 13.8 Å². The van der Waals surface area contributed by atoms with Crippen LogP contribution in [-0.2, 0) is 4.74 Å². The average molecular weight is 175 g/mol. The molecule has 1 amide bonds. The summed E-state index contributed by atoms with van der Waals surface area (Å²) in [6, 6.07) is 0. The quantitative estimate of drug-likeness (QED) is 0.662. The largest absolute Gasteiger partial charge is 0.446 e. The Labute approximate surface area is 72.9 Å². The van der Waals surface area contributed by atoms with Gasteiger partial charge in [0, 0.05) is 6.54 Å². The van der Waals surface area contributed by atoms with Gasteiger partial charge in [0.25, 0.3) is 0 Å². The molecule has 1 atom stereocenters. The van der Waals surface area contributed by atoms with E-state index in [1.807, 2.05) is 20.8 Å². The number of aliphatic hydroxyl groups is 1. The van der Waals surface area contributed by atoms with Gasteiger partial charge in [-0.25, -0.2) is 4.79 Å². The molecule has 0 aromatic carbocycles. The van der Waals surface area contributed by atoms with E-state index in [-0.39, 0.29) is 19.3 Å². The van der Waals surface area contributed by atoms with Crippen molar-refractivity contribution in [3.63, 3.8) is 0 Å². The third kappa shape index (κ3) is 4.96. The van der Waals surface area contributed by atoms with E-state index in [1.54, 1.807) is 0 Å². The van der Waals surface area contributed by atoms with Gasteiger partial charge < -0.3 is 15.2 Å². The first-order valence-electron chi connectivity index (χ1n) is 4.13. The van der Waals surface area contributed by atoms with Crippen LogP contribution in [0.2, 0.25) is 0 Å². The van der Waals surface area contributed by atoms with Crippen molar-refractivity contribution >= 4 is 6.09 Å². The van der Waals surface area contributed by atoms with Crippen LogP contribution in [0, 0.1) is 5.92 Å². The number of carbonyl (C=O) groups is 1. The van der Waals surface area contributed by atoms with Crippen LogP contribution in [0.4, 0.5) is 4.79 Å². The Kier molecular flexibility index (Phi) is 5.45. The highest BCUT2D eigenvalue weighted by Gasteiger charge is 2.11. The zero-order chi connectivity index (χ0) is 9.56. The lowest BCUT2D eigenvalue weighted by atomic mass is 10.1. The summed E-state index contributed by atoms with van der Waals surface area (Å²) in [7, 11) is 0. The Morgan fingerprint density at radius 2 is 2.08 bits per heavy atom. The molecule has 0 heterocycles. The minimum Gasteiger partial charge on any atom is -0.446 e. The number of hydrogen-bond donors (Lipinski definition) is 2. The van der Waals surface area contributed by atoms with Crippen LogP contribution < -0.4 is 5.32 Å². The fourth-order valence-corrected chi connectivity index (χ4v) is 0.505. The summed E-state index contributed by atoms with van der Waals surface area (Å²) in [5.41, 5.74) is 0. The molecule has 0 spiro atoms. The Morgan fingerprint density at radius 1 is 1.50 bits per heavy atom. The molecular weight excluding hydrogens is 158 g/mol. The van der Waals surface area contributed by atoms with Crippen molar-refractivity contribution < 1.29 is 14.6 Å². The summed E-state index contributed by atoms with van der Waals surface area (Å²) in [5, 5.41) is 10.8. The fourth-order valence-electron chi connectivity index (χ4n) is 0.505. The summed E-state index contributed by atoms with van der Waals surface area (Å²) in [5.74, 6) is 0.310. The van der Waals surface area contributed by atoms with Crippen LogP contribution in [-0.4, -0.2) is 30.5 Å². The molecule has 0 aliphatic carbocycles. The number of alkyl carbamates (subject to hydrolysis) is 1. The molecule has 4 heteroatoms. The van der Waals surface area contributed by atoms with Gasteiger partial charge in [-0.05, 0) is 12.8 Å². The number of rotatable bonds is 4. The third-order valence-corrected chi connectivity index (χ3v) is 1.61. The maximum absolute atomic E-state index is 10.9. The predicted molar refractivity (Wildman–Crippen MR) is 45.9 cm³/mol. The van der Waals surface area contributed by atoms with Crippen molar-refractivity contribution in [1.82, 2.24) is 5.32 Å². The molecule has 4 nitrogen and oxygen atoms in total. The first-order valence-corrected chi connectivity index (χ1v) is 4.13. The van der Waals surface area contributed by atoms with E-state index in [0.29, 0.717) is 5.92 Å². The highest BCUT2D eigenvalue weighted by atomic mass is 16.6. The van der Waals surface area contributed by atoms with Gasteiger partial charge in [0.1, 0.15) is 6.10 Å². The van der Waals surface area contributed by atoms with E-state index in [2.05, 4.69) is 5.32 Å². The molecule has 0 aliphatic heterocycles. The molecule has 0 radical (unpaired) electrons. The summed E-state index contributed by atoms with van der Waals surface area (Å²) < 4.78 is 4.95. The molecular formula is C8H17NO3. The fraction of sp³-hybridized carbons (Fsp3) is 0.875. The summed E-state index contributed by atoms with van der Waals surface area (Å²) >= 11 is 0. The second-order valence-electron chi connectivity index (χ2n) is 3.00. The monoisotopic (exact) mass is 175 g/mol. The Bertz CT molecular complexity index is 136. The van der Waals surface area contributed by atoms with Crippen molar-refractivity contribution in [2.75, 3.05) is 13.2 Å². The Balaban J connectivity index is 3.54. The lowest BCUT2D eigenvalue weighted by Crippen LogP contribution is -2.31. The molecule has 0 aromatic heterocycles. The van der Waals surface area contributed by atoms with Crippen LogP contribution in [0.15, 0.2) is 0 Å². The molecule has 12 heavy (non-hydrogen) atoms. The van der Waals surface area contributed by atoms with E-state index in [4.69, 9.17) is 9.84 Å². The summed E-state index contributed by atoms with van der Waals surface area (Å²) in [6.45, 7) is 5.96. The number of amides is 1. The number of ether oxygens (including phenoxy) is 1. The van der Waals surface area contributed by atoms with Gasteiger partial charge in [-0.3, -0.25) is 0 Å². The number of nitrogens with one attached hydrogen (secondary N) is 1. The molecule has 0 fully saturated rings. The van der Waals surface area contributed by atoms with E-state index < -0.39 is 6.09 Å². The van der Waals surface area contributed by atoms with Crippen molar-refractivity contribution in [2.24, 2.45) is 5.92 Å². The minimum atomic E-state index is -0.467. The van der Waals surface area contributed by atoms with Gasteiger partial charge in [0.2, 0.25) is 0 Å². The highest BCUT2D eigenvalue weighted by Crippen LogP contribution is 2.04. The smallest absolute Gasteiger partial charge is 0.407 e. The van der Waals surface area contributed by atoms with Crippen molar-refractivity contribution in [3.8, 4) is 0 Å². The second kappa shape index (κ2) is 5.83.